The molecule has 3 nitrogen and oxygen atoms in total. The number of aryl methyl sites for hydroxylation is 1. The van der Waals surface area contributed by atoms with Crippen LogP contribution in [0.2, 0.25) is 10.0 Å². The van der Waals surface area contributed by atoms with E-state index in [1.54, 1.807) is 12.1 Å². The summed E-state index contributed by atoms with van der Waals surface area (Å²) in [4.78, 5) is 8.91. The van der Waals surface area contributed by atoms with Crippen LogP contribution in [0.1, 0.15) is 5.69 Å². The zero-order valence-electron chi connectivity index (χ0n) is 9.76. The number of nitrogens with zero attached hydrogens (tertiary/aromatic N) is 2. The Morgan fingerprint density at radius 2 is 1.94 bits per heavy atom. The van der Waals surface area contributed by atoms with Crippen LogP contribution >= 0.6 is 45.8 Å². The third kappa shape index (κ3) is 2.70. The molecule has 1 aromatic heterocycles. The Morgan fingerprint density at radius 1 is 1.22 bits per heavy atom. The molecular weight excluding hydrogens is 384 g/mol. The first-order valence-corrected chi connectivity index (χ1v) is 7.03. The summed E-state index contributed by atoms with van der Waals surface area (Å²) in [6, 6.07) is 5.29. The summed E-state index contributed by atoms with van der Waals surface area (Å²) < 4.78 is 1.00. The van der Waals surface area contributed by atoms with E-state index >= 15 is 0 Å². The molecule has 1 aromatic carbocycles. The Morgan fingerprint density at radius 3 is 2.56 bits per heavy atom. The molecule has 1 heterocycles. The van der Waals surface area contributed by atoms with Crippen molar-refractivity contribution in [3.05, 3.63) is 37.5 Å². The van der Waals surface area contributed by atoms with Crippen LogP contribution in [0, 0.1) is 10.5 Å². The van der Waals surface area contributed by atoms with Crippen LogP contribution in [0.5, 0.6) is 0 Å². The van der Waals surface area contributed by atoms with Gasteiger partial charge >= 0.3 is 0 Å². The highest BCUT2D eigenvalue weighted by molar-refractivity contribution is 14.1. The molecule has 94 valence electrons. The number of halogens is 3. The number of hydrogen-bond donors (Lipinski definition) is 1. The average molecular weight is 394 g/mol. The van der Waals surface area contributed by atoms with Crippen molar-refractivity contribution in [3.8, 4) is 11.4 Å². The van der Waals surface area contributed by atoms with Crippen molar-refractivity contribution in [2.75, 3.05) is 12.4 Å². The van der Waals surface area contributed by atoms with Gasteiger partial charge in [-0.25, -0.2) is 9.97 Å². The summed E-state index contributed by atoms with van der Waals surface area (Å²) in [5.74, 6) is 1.39. The summed E-state index contributed by atoms with van der Waals surface area (Å²) in [7, 11) is 1.83. The highest BCUT2D eigenvalue weighted by atomic mass is 127. The molecule has 2 rings (SSSR count). The van der Waals surface area contributed by atoms with E-state index in [0.717, 1.165) is 20.6 Å². The normalized spacial score (nSPS) is 10.5. The van der Waals surface area contributed by atoms with Crippen LogP contribution in [0.3, 0.4) is 0 Å². The molecule has 0 atom stereocenters. The molecule has 0 fully saturated rings. The van der Waals surface area contributed by atoms with Gasteiger partial charge < -0.3 is 5.32 Å². The fraction of sp³-hybridized carbons (Fsp3) is 0.167. The minimum atomic E-state index is 0.546. The molecule has 6 heteroatoms. The van der Waals surface area contributed by atoms with Crippen LogP contribution in [0.25, 0.3) is 11.4 Å². The van der Waals surface area contributed by atoms with E-state index in [4.69, 9.17) is 23.2 Å². The van der Waals surface area contributed by atoms with E-state index in [0.29, 0.717) is 15.9 Å². The molecule has 18 heavy (non-hydrogen) atoms. The van der Waals surface area contributed by atoms with E-state index in [9.17, 15) is 0 Å². The quantitative estimate of drug-likeness (QED) is 0.768. The molecule has 2 aromatic rings. The van der Waals surface area contributed by atoms with Crippen molar-refractivity contribution in [2.24, 2.45) is 0 Å². The summed E-state index contributed by atoms with van der Waals surface area (Å²) in [6.45, 7) is 1.94. The largest absolute Gasteiger partial charge is 0.372 e. The maximum absolute atomic E-state index is 6.16. The van der Waals surface area contributed by atoms with Gasteiger partial charge in [0, 0.05) is 17.6 Å². The van der Waals surface area contributed by atoms with Crippen LogP contribution in [-0.4, -0.2) is 17.0 Å². The van der Waals surface area contributed by atoms with Crippen LogP contribution in [-0.2, 0) is 0 Å². The van der Waals surface area contributed by atoms with Gasteiger partial charge in [0.05, 0.1) is 14.3 Å². The zero-order chi connectivity index (χ0) is 13.3. The van der Waals surface area contributed by atoms with Crippen molar-refractivity contribution in [1.29, 1.82) is 0 Å². The topological polar surface area (TPSA) is 37.8 Å². The zero-order valence-corrected chi connectivity index (χ0v) is 13.4. The van der Waals surface area contributed by atoms with E-state index in [1.165, 1.54) is 0 Å². The van der Waals surface area contributed by atoms with Gasteiger partial charge in [-0.1, -0.05) is 23.2 Å². The smallest absolute Gasteiger partial charge is 0.163 e. The third-order valence-corrected chi connectivity index (χ3v) is 4.27. The first-order valence-electron chi connectivity index (χ1n) is 5.20. The lowest BCUT2D eigenvalue weighted by Gasteiger charge is -2.09. The fourth-order valence-corrected chi connectivity index (χ4v) is 2.52. The van der Waals surface area contributed by atoms with Gasteiger partial charge in [0.25, 0.3) is 0 Å². The first-order chi connectivity index (χ1) is 8.52. The Labute approximate surface area is 129 Å². The van der Waals surface area contributed by atoms with E-state index in [1.807, 2.05) is 20.0 Å². The molecular formula is C12H10Cl2IN3. The molecule has 0 amide bonds. The Hall–Kier alpha value is -0.590. The van der Waals surface area contributed by atoms with Gasteiger partial charge in [-0.05, 0) is 47.7 Å². The third-order valence-electron chi connectivity index (χ3n) is 2.43. The maximum Gasteiger partial charge on any atom is 0.163 e. The van der Waals surface area contributed by atoms with Crippen LogP contribution < -0.4 is 5.32 Å². The van der Waals surface area contributed by atoms with E-state index in [-0.39, 0.29) is 0 Å². The summed E-state index contributed by atoms with van der Waals surface area (Å²) in [5.41, 5.74) is 1.69. The lowest BCUT2D eigenvalue weighted by molar-refractivity contribution is 1.09. The standard InChI is InChI=1S/C12H10Cl2IN3/c1-6-10(15)12(16-2)18-11(17-6)8-4-3-7(13)5-9(8)14/h3-5H,1-2H3,(H,16,17,18). The van der Waals surface area contributed by atoms with Crippen LogP contribution in [0.15, 0.2) is 18.2 Å². The van der Waals surface area contributed by atoms with Gasteiger partial charge in [-0.3, -0.25) is 0 Å². The Kier molecular flexibility index (Phi) is 4.29. The van der Waals surface area contributed by atoms with Crippen molar-refractivity contribution in [3.63, 3.8) is 0 Å². The lowest BCUT2D eigenvalue weighted by Crippen LogP contribution is -2.02. The number of anilines is 1. The monoisotopic (exact) mass is 393 g/mol. The van der Waals surface area contributed by atoms with Gasteiger partial charge in [0.2, 0.25) is 0 Å². The molecule has 0 radical (unpaired) electrons. The van der Waals surface area contributed by atoms with Crippen molar-refractivity contribution < 1.29 is 0 Å². The molecule has 1 N–H and O–H groups in total. The molecule has 0 aliphatic carbocycles. The van der Waals surface area contributed by atoms with Crippen molar-refractivity contribution >= 4 is 51.6 Å². The number of nitrogens with one attached hydrogen (secondary N) is 1. The SMILES string of the molecule is CNc1nc(-c2ccc(Cl)cc2Cl)nc(C)c1I. The predicted molar refractivity (Wildman–Crippen MR) is 84.5 cm³/mol. The second-order valence-electron chi connectivity index (χ2n) is 3.67. The molecule has 0 bridgehead atoms. The molecule has 0 saturated carbocycles. The highest BCUT2D eigenvalue weighted by Crippen LogP contribution is 2.30. The van der Waals surface area contributed by atoms with Gasteiger partial charge in [0.15, 0.2) is 5.82 Å². The van der Waals surface area contributed by atoms with E-state index in [2.05, 4.69) is 37.9 Å². The Bertz CT molecular complexity index is 602. The number of hydrogen-bond acceptors (Lipinski definition) is 3. The molecule has 0 spiro atoms. The number of rotatable bonds is 2. The second kappa shape index (κ2) is 5.59. The van der Waals surface area contributed by atoms with Gasteiger partial charge in [-0.15, -0.1) is 0 Å². The maximum atomic E-state index is 6.16. The predicted octanol–water partition coefficient (Wildman–Crippen LogP) is 4.41. The minimum absolute atomic E-state index is 0.546. The number of benzene rings is 1. The molecule has 0 aliphatic rings. The Balaban J connectivity index is 2.60. The minimum Gasteiger partial charge on any atom is -0.372 e. The average Bonchev–Trinajstić information content (AvgIpc) is 2.32. The highest BCUT2D eigenvalue weighted by Gasteiger charge is 2.12. The summed E-state index contributed by atoms with van der Waals surface area (Å²) in [6.07, 6.45) is 0. The van der Waals surface area contributed by atoms with Gasteiger partial charge in [-0.2, -0.15) is 0 Å². The van der Waals surface area contributed by atoms with Crippen molar-refractivity contribution in [1.82, 2.24) is 9.97 Å². The fourth-order valence-electron chi connectivity index (χ4n) is 1.52. The first kappa shape index (κ1) is 13.8. The lowest BCUT2D eigenvalue weighted by atomic mass is 10.2. The van der Waals surface area contributed by atoms with Gasteiger partial charge in [0.1, 0.15) is 5.82 Å². The summed E-state index contributed by atoms with van der Waals surface area (Å²) in [5, 5.41) is 4.19. The van der Waals surface area contributed by atoms with E-state index < -0.39 is 0 Å². The molecule has 0 unspecified atom stereocenters. The van der Waals surface area contributed by atoms with Crippen LogP contribution in [0.4, 0.5) is 5.82 Å². The number of aromatic nitrogens is 2. The molecule has 0 aliphatic heterocycles. The van der Waals surface area contributed by atoms with Crippen molar-refractivity contribution in [2.45, 2.75) is 6.92 Å². The summed E-state index contributed by atoms with van der Waals surface area (Å²) >= 11 is 14.3. The molecule has 0 saturated heterocycles. The second-order valence-corrected chi connectivity index (χ2v) is 5.59.